The first-order valence-electron chi connectivity index (χ1n) is 12.6. The van der Waals surface area contributed by atoms with Crippen LogP contribution in [0.15, 0.2) is 120 Å². The third kappa shape index (κ3) is 9.49. The largest absolute Gasteiger partial charge is 0.461 e. The van der Waals surface area contributed by atoms with Gasteiger partial charge in [-0.3, -0.25) is 20.8 Å². The normalized spacial score (nSPS) is 10.9. The van der Waals surface area contributed by atoms with Gasteiger partial charge in [0, 0.05) is 12.4 Å². The second-order valence-electron chi connectivity index (χ2n) is 7.75. The SMILES string of the molecule is CCOC(=O)/C(=N/Nc1ccccc1)c1ccccn1.CCOC(=O)/C(=N/Nc1ccccc1)c1ccccn1. The van der Waals surface area contributed by atoms with Gasteiger partial charge < -0.3 is 9.47 Å². The van der Waals surface area contributed by atoms with Gasteiger partial charge in [0.15, 0.2) is 11.4 Å². The van der Waals surface area contributed by atoms with Crippen LogP contribution < -0.4 is 10.9 Å². The Morgan fingerprint density at radius 2 is 0.975 bits per heavy atom. The van der Waals surface area contributed by atoms with Gasteiger partial charge in [0.1, 0.15) is 0 Å². The van der Waals surface area contributed by atoms with Crippen molar-refractivity contribution in [2.24, 2.45) is 10.2 Å². The van der Waals surface area contributed by atoms with Crippen LogP contribution in [0.1, 0.15) is 25.2 Å². The number of carbonyl (C=O) groups is 2. The van der Waals surface area contributed by atoms with Crippen molar-refractivity contribution in [3.63, 3.8) is 0 Å². The third-order valence-electron chi connectivity index (χ3n) is 4.89. The van der Waals surface area contributed by atoms with E-state index >= 15 is 0 Å². The summed E-state index contributed by atoms with van der Waals surface area (Å²) in [5.41, 5.74) is 8.46. The molecule has 0 saturated heterocycles. The molecule has 4 rings (SSSR count). The minimum absolute atomic E-state index is 0.149. The molecule has 0 amide bonds. The van der Waals surface area contributed by atoms with Gasteiger partial charge in [0.25, 0.3) is 0 Å². The Morgan fingerprint density at radius 1 is 0.600 bits per heavy atom. The molecule has 2 N–H and O–H groups in total. The number of pyridine rings is 2. The number of esters is 2. The number of hydrogen-bond acceptors (Lipinski definition) is 10. The van der Waals surface area contributed by atoms with E-state index in [1.54, 1.807) is 62.6 Å². The molecule has 10 heteroatoms. The molecule has 204 valence electrons. The van der Waals surface area contributed by atoms with E-state index < -0.39 is 11.9 Å². The number of nitrogens with one attached hydrogen (secondary N) is 2. The van der Waals surface area contributed by atoms with Gasteiger partial charge in [-0.15, -0.1) is 0 Å². The van der Waals surface area contributed by atoms with Crippen LogP contribution in [0.25, 0.3) is 0 Å². The van der Waals surface area contributed by atoms with Crippen molar-refractivity contribution in [1.29, 1.82) is 0 Å². The maximum Gasteiger partial charge on any atom is 0.361 e. The first-order valence-corrected chi connectivity index (χ1v) is 12.6. The molecule has 2 aromatic carbocycles. The lowest BCUT2D eigenvalue weighted by atomic mass is 10.2. The molecule has 2 aromatic heterocycles. The molecule has 0 bridgehead atoms. The maximum absolute atomic E-state index is 11.9. The summed E-state index contributed by atoms with van der Waals surface area (Å²) in [5, 5.41) is 8.22. The molecule has 0 fully saturated rings. The molecule has 2 heterocycles. The first kappa shape index (κ1) is 29.2. The number of anilines is 2. The number of para-hydroxylation sites is 2. The first-order chi connectivity index (χ1) is 19.6. The predicted octanol–water partition coefficient (Wildman–Crippen LogP) is 4.92. The van der Waals surface area contributed by atoms with E-state index in [4.69, 9.17) is 9.47 Å². The van der Waals surface area contributed by atoms with Crippen LogP contribution in [0.2, 0.25) is 0 Å². The lowest BCUT2D eigenvalue weighted by Crippen LogP contribution is -2.21. The molecule has 4 aromatic rings. The summed E-state index contributed by atoms with van der Waals surface area (Å²) in [4.78, 5) is 32.1. The highest BCUT2D eigenvalue weighted by molar-refractivity contribution is 6.43. The third-order valence-corrected chi connectivity index (χ3v) is 4.89. The Hall–Kier alpha value is -5.38. The Kier molecular flexibility index (Phi) is 12.0. The maximum atomic E-state index is 11.9. The van der Waals surface area contributed by atoms with Crippen LogP contribution in [-0.4, -0.2) is 46.5 Å². The summed E-state index contributed by atoms with van der Waals surface area (Å²) in [6.45, 7) is 4.07. The molecule has 0 spiro atoms. The van der Waals surface area contributed by atoms with Crippen molar-refractivity contribution < 1.29 is 19.1 Å². The minimum Gasteiger partial charge on any atom is -0.461 e. The van der Waals surface area contributed by atoms with Crippen molar-refractivity contribution in [1.82, 2.24) is 9.97 Å². The topological polar surface area (TPSA) is 127 Å². The lowest BCUT2D eigenvalue weighted by Gasteiger charge is -2.06. The summed E-state index contributed by atoms with van der Waals surface area (Å²) in [6.07, 6.45) is 3.21. The zero-order chi connectivity index (χ0) is 28.4. The van der Waals surface area contributed by atoms with Crippen LogP contribution in [0.4, 0.5) is 11.4 Å². The summed E-state index contributed by atoms with van der Waals surface area (Å²) < 4.78 is 9.99. The molecule has 40 heavy (non-hydrogen) atoms. The van der Waals surface area contributed by atoms with Crippen LogP contribution in [0, 0.1) is 0 Å². The van der Waals surface area contributed by atoms with Crippen molar-refractivity contribution in [3.8, 4) is 0 Å². The number of ether oxygens (including phenoxy) is 2. The zero-order valence-electron chi connectivity index (χ0n) is 22.2. The van der Waals surface area contributed by atoms with Crippen LogP contribution in [0.5, 0.6) is 0 Å². The van der Waals surface area contributed by atoms with Crippen molar-refractivity contribution in [3.05, 3.63) is 121 Å². The predicted molar refractivity (Wildman–Crippen MR) is 155 cm³/mol. The number of hydrazone groups is 2. The molecule has 0 unspecified atom stereocenters. The van der Waals surface area contributed by atoms with E-state index in [1.807, 2.05) is 60.7 Å². The van der Waals surface area contributed by atoms with Crippen LogP contribution in [0.3, 0.4) is 0 Å². The summed E-state index contributed by atoms with van der Waals surface area (Å²) in [7, 11) is 0. The molecule has 0 aliphatic carbocycles. The highest BCUT2D eigenvalue weighted by atomic mass is 16.5. The molecule has 0 atom stereocenters. The van der Waals surface area contributed by atoms with Gasteiger partial charge in [0.2, 0.25) is 0 Å². The Labute approximate surface area is 232 Å². The molecule has 0 aliphatic heterocycles. The fourth-order valence-electron chi connectivity index (χ4n) is 3.09. The smallest absolute Gasteiger partial charge is 0.361 e. The number of benzene rings is 2. The van der Waals surface area contributed by atoms with Gasteiger partial charge in [-0.1, -0.05) is 48.5 Å². The second kappa shape index (κ2) is 16.5. The standard InChI is InChI=1S/2C15H15N3O2/c2*1-2-20-15(19)14(13-10-6-7-11-16-13)18-17-12-8-4-3-5-9-12/h2*3-11,17H,2H2,1H3/b2*18-14+. The van der Waals surface area contributed by atoms with Crippen molar-refractivity contribution >= 4 is 34.7 Å². The second-order valence-corrected chi connectivity index (χ2v) is 7.75. The van der Waals surface area contributed by atoms with Gasteiger partial charge in [-0.25, -0.2) is 9.59 Å². The number of nitrogens with zero attached hydrogens (tertiary/aromatic N) is 4. The Balaban J connectivity index is 0.000000220. The van der Waals surface area contributed by atoms with Crippen LogP contribution in [-0.2, 0) is 19.1 Å². The molecule has 0 saturated carbocycles. The molecule has 0 radical (unpaired) electrons. The molecular weight excluding hydrogens is 508 g/mol. The number of carbonyl (C=O) groups excluding carboxylic acids is 2. The highest BCUT2D eigenvalue weighted by Gasteiger charge is 2.17. The van der Waals surface area contributed by atoms with E-state index in [1.165, 1.54) is 0 Å². The fourth-order valence-corrected chi connectivity index (χ4v) is 3.09. The highest BCUT2D eigenvalue weighted by Crippen LogP contribution is 2.08. The number of aromatic nitrogens is 2. The summed E-state index contributed by atoms with van der Waals surface area (Å²) in [6, 6.07) is 29.3. The number of hydrogen-bond donors (Lipinski definition) is 2. The zero-order valence-corrected chi connectivity index (χ0v) is 22.2. The molecule has 0 aliphatic rings. The summed E-state index contributed by atoms with van der Waals surface area (Å²) in [5.74, 6) is -1.01. The van der Waals surface area contributed by atoms with Crippen LogP contribution >= 0.6 is 0 Å². The monoisotopic (exact) mass is 538 g/mol. The van der Waals surface area contributed by atoms with E-state index in [0.29, 0.717) is 11.4 Å². The van der Waals surface area contributed by atoms with E-state index in [9.17, 15) is 9.59 Å². The average molecular weight is 539 g/mol. The number of rotatable bonds is 10. The summed E-state index contributed by atoms with van der Waals surface area (Å²) >= 11 is 0. The average Bonchev–Trinajstić information content (AvgIpc) is 3.00. The van der Waals surface area contributed by atoms with Crippen molar-refractivity contribution in [2.75, 3.05) is 24.1 Å². The van der Waals surface area contributed by atoms with E-state index in [2.05, 4.69) is 31.0 Å². The lowest BCUT2D eigenvalue weighted by molar-refractivity contribution is -0.135. The van der Waals surface area contributed by atoms with Gasteiger partial charge in [0.05, 0.1) is 36.0 Å². The fraction of sp³-hybridized carbons (Fsp3) is 0.133. The van der Waals surface area contributed by atoms with Gasteiger partial charge in [-0.05, 0) is 62.4 Å². The van der Waals surface area contributed by atoms with E-state index in [-0.39, 0.29) is 24.6 Å². The molecule has 10 nitrogen and oxygen atoms in total. The van der Waals surface area contributed by atoms with Gasteiger partial charge >= 0.3 is 11.9 Å². The van der Waals surface area contributed by atoms with E-state index in [0.717, 1.165) is 11.4 Å². The quantitative estimate of drug-likeness (QED) is 0.165. The van der Waals surface area contributed by atoms with Gasteiger partial charge in [-0.2, -0.15) is 10.2 Å². The Morgan fingerprint density at radius 3 is 1.30 bits per heavy atom. The van der Waals surface area contributed by atoms with Crippen molar-refractivity contribution in [2.45, 2.75) is 13.8 Å². The molecular formula is C30H30N6O4. The minimum atomic E-state index is -0.505. The Bertz CT molecular complexity index is 1270.